The Morgan fingerprint density at radius 3 is 3.09 bits per heavy atom. The molecule has 5 rings (SSSR count). The van der Waals surface area contributed by atoms with Gasteiger partial charge in [0.25, 0.3) is 0 Å². The number of carbonyl (C=O) groups excluding carboxylic acids is 1. The van der Waals surface area contributed by atoms with Crippen LogP contribution in [0.1, 0.15) is 18.4 Å². The molecule has 0 bridgehead atoms. The van der Waals surface area contributed by atoms with Crippen molar-refractivity contribution in [3.63, 3.8) is 0 Å². The molecule has 0 radical (unpaired) electrons. The van der Waals surface area contributed by atoms with E-state index in [0.717, 1.165) is 31.6 Å². The van der Waals surface area contributed by atoms with Crippen LogP contribution in [-0.2, 0) is 10.2 Å². The molecular formula is C19H20N2O. The van der Waals surface area contributed by atoms with Crippen LogP contribution in [0.4, 0.5) is 5.69 Å². The van der Waals surface area contributed by atoms with E-state index in [1.807, 2.05) is 12.1 Å². The van der Waals surface area contributed by atoms with Crippen LogP contribution in [-0.4, -0.2) is 29.9 Å². The first kappa shape index (κ1) is 12.7. The van der Waals surface area contributed by atoms with E-state index in [1.54, 1.807) is 0 Å². The van der Waals surface area contributed by atoms with Gasteiger partial charge in [-0.2, -0.15) is 0 Å². The van der Waals surface area contributed by atoms with Crippen molar-refractivity contribution in [3.05, 3.63) is 54.6 Å². The van der Waals surface area contributed by atoms with Crippen molar-refractivity contribution in [2.24, 2.45) is 11.3 Å². The molecule has 3 heterocycles. The lowest BCUT2D eigenvalue weighted by atomic mass is 9.65. The predicted molar refractivity (Wildman–Crippen MR) is 86.6 cm³/mol. The zero-order chi connectivity index (χ0) is 14.9. The van der Waals surface area contributed by atoms with Gasteiger partial charge >= 0.3 is 0 Å². The van der Waals surface area contributed by atoms with Gasteiger partial charge in [-0.1, -0.05) is 36.4 Å². The highest BCUT2D eigenvalue weighted by molar-refractivity contribution is 5.98. The Hall–Kier alpha value is -1.87. The van der Waals surface area contributed by atoms with E-state index in [9.17, 15) is 4.79 Å². The molecule has 3 heteroatoms. The number of hydrogen-bond donors (Lipinski definition) is 1. The quantitative estimate of drug-likeness (QED) is 0.807. The molecule has 2 fully saturated rings. The fourth-order valence-corrected chi connectivity index (χ4v) is 5.79. The Balaban J connectivity index is 1.82. The number of carbonyl (C=O) groups is 1. The Labute approximate surface area is 130 Å². The fraction of sp³-hybridized carbons (Fsp3) is 0.421. The van der Waals surface area contributed by atoms with Crippen molar-refractivity contribution in [2.45, 2.75) is 24.3 Å². The van der Waals surface area contributed by atoms with Crippen LogP contribution in [0.3, 0.4) is 0 Å². The molecular weight excluding hydrogens is 272 g/mol. The van der Waals surface area contributed by atoms with Crippen molar-refractivity contribution in [1.82, 2.24) is 4.90 Å². The normalized spacial score (nSPS) is 41.5. The van der Waals surface area contributed by atoms with Crippen LogP contribution in [0.2, 0.25) is 0 Å². The maximum Gasteiger partial charge on any atom is 0.228 e. The van der Waals surface area contributed by atoms with E-state index in [2.05, 4.69) is 47.2 Å². The number of fused-ring (bicyclic) bond motifs is 1. The van der Waals surface area contributed by atoms with Gasteiger partial charge in [0.2, 0.25) is 5.91 Å². The second kappa shape index (κ2) is 3.90. The number of hydrogen-bond acceptors (Lipinski definition) is 2. The number of nitrogens with zero attached hydrogens (tertiary/aromatic N) is 1. The van der Waals surface area contributed by atoms with Crippen LogP contribution in [0, 0.1) is 11.3 Å². The average Bonchev–Trinajstić information content (AvgIpc) is 3.08. The first-order valence-electron chi connectivity index (χ1n) is 8.17. The van der Waals surface area contributed by atoms with Gasteiger partial charge in [-0.3, -0.25) is 9.69 Å². The molecule has 4 atom stereocenters. The molecule has 1 saturated heterocycles. The highest BCUT2D eigenvalue weighted by Gasteiger charge is 2.69. The van der Waals surface area contributed by atoms with E-state index in [1.165, 1.54) is 5.56 Å². The highest BCUT2D eigenvalue weighted by Crippen LogP contribution is 2.65. The molecule has 3 aliphatic heterocycles. The molecule has 1 aromatic carbocycles. The third-order valence-corrected chi connectivity index (χ3v) is 6.51. The Kier molecular flexibility index (Phi) is 2.25. The summed E-state index contributed by atoms with van der Waals surface area (Å²) in [6, 6.07) is 8.77. The van der Waals surface area contributed by atoms with Gasteiger partial charge in [-0.25, -0.2) is 0 Å². The van der Waals surface area contributed by atoms with Gasteiger partial charge in [0.05, 0.1) is 5.92 Å². The van der Waals surface area contributed by atoms with Crippen molar-refractivity contribution in [1.29, 1.82) is 0 Å². The Morgan fingerprint density at radius 1 is 1.36 bits per heavy atom. The number of para-hydroxylation sites is 1. The summed E-state index contributed by atoms with van der Waals surface area (Å²) >= 11 is 0. The van der Waals surface area contributed by atoms with Crippen molar-refractivity contribution in [3.8, 4) is 0 Å². The largest absolute Gasteiger partial charge is 0.326 e. The minimum Gasteiger partial charge on any atom is -0.326 e. The maximum atomic E-state index is 12.8. The summed E-state index contributed by atoms with van der Waals surface area (Å²) in [6.45, 7) is 6.21. The highest BCUT2D eigenvalue weighted by atomic mass is 16.2. The van der Waals surface area contributed by atoms with Crippen molar-refractivity contribution >= 4 is 11.6 Å². The van der Waals surface area contributed by atoms with Crippen molar-refractivity contribution < 1.29 is 4.79 Å². The molecule has 112 valence electrons. The number of rotatable bonds is 1. The minimum absolute atomic E-state index is 0.0438. The summed E-state index contributed by atoms with van der Waals surface area (Å²) in [5, 5.41) is 3.14. The first-order chi connectivity index (χ1) is 10.7. The molecule has 0 unspecified atom stereocenters. The molecule has 0 aromatic heterocycles. The van der Waals surface area contributed by atoms with Crippen LogP contribution < -0.4 is 5.32 Å². The summed E-state index contributed by atoms with van der Waals surface area (Å²) < 4.78 is 0. The lowest BCUT2D eigenvalue weighted by Gasteiger charge is -2.45. The van der Waals surface area contributed by atoms with E-state index in [-0.39, 0.29) is 22.7 Å². The Bertz CT molecular complexity index is 724. The van der Waals surface area contributed by atoms with Crippen molar-refractivity contribution in [2.75, 3.05) is 18.4 Å². The van der Waals surface area contributed by atoms with E-state index >= 15 is 0 Å². The first-order valence-corrected chi connectivity index (χ1v) is 8.17. The average molecular weight is 292 g/mol. The van der Waals surface area contributed by atoms with Crippen LogP contribution in [0.15, 0.2) is 49.1 Å². The van der Waals surface area contributed by atoms with Gasteiger partial charge in [-0.15, -0.1) is 6.58 Å². The lowest BCUT2D eigenvalue weighted by Crippen LogP contribution is -2.52. The molecule has 1 aromatic rings. The second-order valence-corrected chi connectivity index (χ2v) is 7.20. The summed E-state index contributed by atoms with van der Waals surface area (Å²) in [7, 11) is 0. The molecule has 1 saturated carbocycles. The number of amides is 1. The SMILES string of the molecule is C=C[C@]12C=CCN3CC[C@@]4(c5ccccc5NC(=O)[C@@H]4C1)[C@@H]32. The maximum absolute atomic E-state index is 12.8. The molecule has 3 nitrogen and oxygen atoms in total. The van der Waals surface area contributed by atoms with E-state index in [4.69, 9.17) is 0 Å². The molecule has 1 spiro atoms. The zero-order valence-corrected chi connectivity index (χ0v) is 12.6. The molecule has 4 aliphatic rings. The van der Waals surface area contributed by atoms with Gasteiger partial charge in [-0.05, 0) is 31.0 Å². The monoisotopic (exact) mass is 292 g/mol. The summed E-state index contributed by atoms with van der Waals surface area (Å²) in [5.41, 5.74) is 2.25. The third-order valence-electron chi connectivity index (χ3n) is 6.51. The standard InChI is InChI=1S/C19H20N2O/c1-2-18-8-5-10-21-11-9-19(17(18)21)13-6-3-4-7-15(13)20-16(22)14(19)12-18/h2-8,14,17H,1,9-12H2,(H,20,22)/t14-,17-,18-,19-/m0/s1. The third kappa shape index (κ3) is 1.22. The predicted octanol–water partition coefficient (Wildman–Crippen LogP) is 2.71. The van der Waals surface area contributed by atoms with Gasteiger partial charge in [0.15, 0.2) is 0 Å². The molecule has 1 N–H and O–H groups in total. The topological polar surface area (TPSA) is 32.3 Å². The smallest absolute Gasteiger partial charge is 0.228 e. The lowest BCUT2D eigenvalue weighted by molar-refractivity contribution is -0.122. The molecule has 1 aliphatic carbocycles. The van der Waals surface area contributed by atoms with Crippen LogP contribution in [0.25, 0.3) is 0 Å². The van der Waals surface area contributed by atoms with Gasteiger partial charge in [0.1, 0.15) is 0 Å². The zero-order valence-electron chi connectivity index (χ0n) is 12.6. The summed E-state index contributed by atoms with van der Waals surface area (Å²) in [6.07, 6.45) is 8.64. The number of nitrogens with one attached hydrogen (secondary N) is 1. The van der Waals surface area contributed by atoms with Gasteiger partial charge < -0.3 is 5.32 Å². The van der Waals surface area contributed by atoms with Gasteiger partial charge in [0, 0.05) is 29.1 Å². The molecule has 22 heavy (non-hydrogen) atoms. The summed E-state index contributed by atoms with van der Waals surface area (Å²) in [4.78, 5) is 15.4. The summed E-state index contributed by atoms with van der Waals surface area (Å²) in [5.74, 6) is 0.253. The van der Waals surface area contributed by atoms with Crippen LogP contribution in [0.5, 0.6) is 0 Å². The number of anilines is 1. The minimum atomic E-state index is -0.0613. The van der Waals surface area contributed by atoms with Crippen LogP contribution >= 0.6 is 0 Å². The van der Waals surface area contributed by atoms with E-state index in [0.29, 0.717) is 6.04 Å². The fourth-order valence-electron chi connectivity index (χ4n) is 5.79. The molecule has 1 amide bonds. The second-order valence-electron chi connectivity index (χ2n) is 7.20. The number of benzene rings is 1. The van der Waals surface area contributed by atoms with E-state index < -0.39 is 0 Å². The Morgan fingerprint density at radius 2 is 2.23 bits per heavy atom.